The average Bonchev–Trinajstić information content (AvgIpc) is 3.42. The van der Waals surface area contributed by atoms with E-state index in [0.717, 1.165) is 42.4 Å². The fourth-order valence-electron chi connectivity index (χ4n) is 3.78. The highest BCUT2D eigenvalue weighted by atomic mass is 79.9. The highest BCUT2D eigenvalue weighted by Crippen LogP contribution is 2.29. The summed E-state index contributed by atoms with van der Waals surface area (Å²) in [7, 11) is 0. The van der Waals surface area contributed by atoms with E-state index in [0.29, 0.717) is 25.0 Å². The molecule has 1 N–H and O–H groups in total. The fourth-order valence-corrected chi connectivity index (χ4v) is 4.17. The summed E-state index contributed by atoms with van der Waals surface area (Å²) in [6, 6.07) is 15.1. The molecule has 6 heteroatoms. The van der Waals surface area contributed by atoms with Crippen molar-refractivity contribution in [3.63, 3.8) is 0 Å². The van der Waals surface area contributed by atoms with Crippen LogP contribution in [0.4, 0.5) is 14.9 Å². The first kappa shape index (κ1) is 19.2. The summed E-state index contributed by atoms with van der Waals surface area (Å²) >= 11 is 3.53. The van der Waals surface area contributed by atoms with E-state index in [1.165, 1.54) is 17.8 Å². The molecule has 4 nitrogen and oxygen atoms in total. The molecule has 2 aliphatic rings. The Morgan fingerprint density at radius 3 is 2.68 bits per heavy atom. The van der Waals surface area contributed by atoms with Crippen LogP contribution in [0.25, 0.3) is 0 Å². The second kappa shape index (κ2) is 8.52. The molecule has 1 saturated carbocycles. The van der Waals surface area contributed by atoms with E-state index in [4.69, 9.17) is 0 Å². The van der Waals surface area contributed by atoms with Crippen LogP contribution in [0.15, 0.2) is 53.0 Å². The van der Waals surface area contributed by atoms with Crippen molar-refractivity contribution in [2.75, 3.05) is 24.5 Å². The summed E-state index contributed by atoms with van der Waals surface area (Å²) in [6.45, 7) is 3.19. The molecule has 0 aromatic heterocycles. The maximum absolute atomic E-state index is 13.1. The van der Waals surface area contributed by atoms with Crippen LogP contribution in [-0.4, -0.2) is 36.6 Å². The van der Waals surface area contributed by atoms with E-state index in [2.05, 4.69) is 44.3 Å². The van der Waals surface area contributed by atoms with Crippen LogP contribution in [0.2, 0.25) is 0 Å². The molecule has 1 heterocycles. The number of hydrogen-bond donors (Lipinski definition) is 1. The van der Waals surface area contributed by atoms with Gasteiger partial charge >= 0.3 is 6.03 Å². The van der Waals surface area contributed by atoms with Gasteiger partial charge in [0.05, 0.1) is 0 Å². The van der Waals surface area contributed by atoms with Crippen molar-refractivity contribution in [3.8, 4) is 0 Å². The minimum atomic E-state index is -0.248. The molecule has 1 aliphatic carbocycles. The van der Waals surface area contributed by atoms with Crippen LogP contribution < -0.4 is 10.2 Å². The Labute approximate surface area is 173 Å². The van der Waals surface area contributed by atoms with Crippen molar-refractivity contribution >= 4 is 27.6 Å². The number of benzene rings is 2. The number of anilines is 1. The maximum Gasteiger partial charge on any atom is 0.317 e. The van der Waals surface area contributed by atoms with Crippen LogP contribution in [0.3, 0.4) is 0 Å². The van der Waals surface area contributed by atoms with E-state index >= 15 is 0 Å². The first-order valence-corrected chi connectivity index (χ1v) is 10.7. The summed E-state index contributed by atoms with van der Waals surface area (Å²) in [6.07, 6.45) is 3.18. The zero-order chi connectivity index (χ0) is 19.5. The standard InChI is InChI=1S/C22H25BrFN3O/c23-18-2-1-3-21(12-18)26-11-10-17(14-26)13-25-22(28)27(20-8-9-20)15-16-4-6-19(24)7-5-16/h1-7,12,17,20H,8-11,13-15H2,(H,25,28). The minimum Gasteiger partial charge on any atom is -0.371 e. The molecule has 148 valence electrons. The molecular weight excluding hydrogens is 421 g/mol. The third kappa shape index (κ3) is 4.85. The second-order valence-electron chi connectivity index (χ2n) is 7.75. The lowest BCUT2D eigenvalue weighted by Crippen LogP contribution is -2.43. The predicted octanol–water partition coefficient (Wildman–Crippen LogP) is 4.79. The summed E-state index contributed by atoms with van der Waals surface area (Å²) < 4.78 is 14.2. The third-order valence-corrected chi connectivity index (χ3v) is 6.01. The minimum absolute atomic E-state index is 0.00673. The Hall–Kier alpha value is -2.08. The van der Waals surface area contributed by atoms with Gasteiger partial charge in [0.25, 0.3) is 0 Å². The lowest BCUT2D eigenvalue weighted by molar-refractivity contribution is 0.190. The average molecular weight is 446 g/mol. The number of carbonyl (C=O) groups is 1. The van der Waals surface area contributed by atoms with Gasteiger partial charge in [-0.05, 0) is 61.1 Å². The Kier molecular flexibility index (Phi) is 5.85. The lowest BCUT2D eigenvalue weighted by atomic mass is 10.1. The summed E-state index contributed by atoms with van der Waals surface area (Å²) in [5.74, 6) is 0.206. The van der Waals surface area contributed by atoms with Crippen LogP contribution in [0.1, 0.15) is 24.8 Å². The predicted molar refractivity (Wildman–Crippen MR) is 113 cm³/mol. The number of nitrogens with zero attached hydrogens (tertiary/aromatic N) is 2. The third-order valence-electron chi connectivity index (χ3n) is 5.52. The van der Waals surface area contributed by atoms with E-state index in [9.17, 15) is 9.18 Å². The van der Waals surface area contributed by atoms with Gasteiger partial charge in [0, 0.05) is 42.4 Å². The number of rotatable bonds is 6. The van der Waals surface area contributed by atoms with Gasteiger partial charge in [-0.15, -0.1) is 0 Å². The normalized spacial score (nSPS) is 18.9. The molecule has 2 fully saturated rings. The molecule has 28 heavy (non-hydrogen) atoms. The van der Waals surface area contributed by atoms with Crippen molar-refractivity contribution in [2.24, 2.45) is 5.92 Å². The number of amides is 2. The lowest BCUT2D eigenvalue weighted by Gasteiger charge is -2.24. The van der Waals surface area contributed by atoms with Crippen molar-refractivity contribution in [1.82, 2.24) is 10.2 Å². The van der Waals surface area contributed by atoms with Crippen molar-refractivity contribution in [1.29, 1.82) is 0 Å². The SMILES string of the molecule is O=C(NCC1CCN(c2cccc(Br)c2)C1)N(Cc1ccc(F)cc1)C1CC1. The Balaban J connectivity index is 1.30. The van der Waals surface area contributed by atoms with E-state index < -0.39 is 0 Å². The van der Waals surface area contributed by atoms with Crippen LogP contribution in [-0.2, 0) is 6.54 Å². The molecule has 1 saturated heterocycles. The van der Waals surface area contributed by atoms with Gasteiger partial charge in [0.2, 0.25) is 0 Å². The van der Waals surface area contributed by atoms with Crippen molar-refractivity contribution in [2.45, 2.75) is 31.8 Å². The number of nitrogens with one attached hydrogen (secondary N) is 1. The monoisotopic (exact) mass is 445 g/mol. The number of halogens is 2. The Bertz CT molecular complexity index is 825. The van der Waals surface area contributed by atoms with Gasteiger partial charge in [0.1, 0.15) is 5.82 Å². The zero-order valence-electron chi connectivity index (χ0n) is 15.8. The molecule has 0 radical (unpaired) electrons. The molecule has 4 rings (SSSR count). The van der Waals surface area contributed by atoms with Crippen molar-refractivity contribution in [3.05, 3.63) is 64.4 Å². The Morgan fingerprint density at radius 1 is 1.18 bits per heavy atom. The Morgan fingerprint density at radius 2 is 1.96 bits per heavy atom. The largest absolute Gasteiger partial charge is 0.371 e. The van der Waals surface area contributed by atoms with Gasteiger partial charge in [-0.25, -0.2) is 9.18 Å². The smallest absolute Gasteiger partial charge is 0.317 e. The highest BCUT2D eigenvalue weighted by Gasteiger charge is 2.33. The maximum atomic E-state index is 13.1. The first-order valence-electron chi connectivity index (χ1n) is 9.88. The highest BCUT2D eigenvalue weighted by molar-refractivity contribution is 9.10. The summed E-state index contributed by atoms with van der Waals surface area (Å²) in [5.41, 5.74) is 2.18. The topological polar surface area (TPSA) is 35.6 Å². The number of urea groups is 1. The number of carbonyl (C=O) groups excluding carboxylic acids is 1. The van der Waals surface area contributed by atoms with Gasteiger partial charge in [-0.1, -0.05) is 34.1 Å². The van der Waals surface area contributed by atoms with Crippen molar-refractivity contribution < 1.29 is 9.18 Å². The molecule has 1 unspecified atom stereocenters. The van der Waals surface area contributed by atoms with Crippen LogP contribution >= 0.6 is 15.9 Å². The first-order chi connectivity index (χ1) is 13.6. The van der Waals surface area contributed by atoms with Gasteiger partial charge in [0.15, 0.2) is 0 Å². The molecule has 1 atom stereocenters. The summed E-state index contributed by atoms with van der Waals surface area (Å²) in [4.78, 5) is 17.0. The van der Waals surface area contributed by atoms with Gasteiger partial charge in [-0.3, -0.25) is 0 Å². The van der Waals surface area contributed by atoms with Crippen LogP contribution in [0, 0.1) is 11.7 Å². The molecule has 0 spiro atoms. The molecule has 2 aromatic rings. The van der Waals surface area contributed by atoms with Crippen LogP contribution in [0.5, 0.6) is 0 Å². The molecule has 2 aromatic carbocycles. The number of hydrogen-bond acceptors (Lipinski definition) is 2. The van der Waals surface area contributed by atoms with E-state index in [-0.39, 0.29) is 11.8 Å². The summed E-state index contributed by atoms with van der Waals surface area (Å²) in [5, 5.41) is 3.14. The molecule has 0 bridgehead atoms. The van der Waals surface area contributed by atoms with Gasteiger partial charge in [-0.2, -0.15) is 0 Å². The van der Waals surface area contributed by atoms with E-state index in [1.54, 1.807) is 12.1 Å². The molecule has 1 aliphatic heterocycles. The van der Waals surface area contributed by atoms with Gasteiger partial charge < -0.3 is 15.1 Å². The quantitative estimate of drug-likeness (QED) is 0.693. The fraction of sp³-hybridized carbons (Fsp3) is 0.409. The zero-order valence-corrected chi connectivity index (χ0v) is 17.4. The van der Waals surface area contributed by atoms with E-state index in [1.807, 2.05) is 11.0 Å². The molecule has 2 amide bonds. The second-order valence-corrected chi connectivity index (χ2v) is 8.67. The molecular formula is C22H25BrFN3O.